The van der Waals surface area contributed by atoms with Crippen LogP contribution in [0.25, 0.3) is 0 Å². The summed E-state index contributed by atoms with van der Waals surface area (Å²) in [6.45, 7) is 2.67. The van der Waals surface area contributed by atoms with Crippen LogP contribution in [-0.4, -0.2) is 72.7 Å². The maximum absolute atomic E-state index is 13.2. The number of fused-ring (bicyclic) bond motifs is 9. The van der Waals surface area contributed by atoms with Crippen LogP contribution >= 0.6 is 0 Å². The van der Waals surface area contributed by atoms with Crippen molar-refractivity contribution >= 4 is 11.8 Å². The molecule has 0 aromatic heterocycles. The fourth-order valence-corrected chi connectivity index (χ4v) is 4.79. The molecule has 3 aliphatic heterocycles. The highest BCUT2D eigenvalue weighted by Gasteiger charge is 2.36. The lowest BCUT2D eigenvalue weighted by Gasteiger charge is -2.41. The zero-order valence-corrected chi connectivity index (χ0v) is 19.7. The van der Waals surface area contributed by atoms with Crippen LogP contribution < -0.4 is 9.47 Å². The van der Waals surface area contributed by atoms with Gasteiger partial charge in [-0.2, -0.15) is 0 Å². The summed E-state index contributed by atoms with van der Waals surface area (Å²) in [6, 6.07) is 16.6. The van der Waals surface area contributed by atoms with E-state index in [9.17, 15) is 14.7 Å². The number of hydrogen-bond acceptors (Lipinski definition) is 5. The summed E-state index contributed by atoms with van der Waals surface area (Å²) < 4.78 is 11.7. The molecule has 0 unspecified atom stereocenters. The smallest absolute Gasteiger partial charge is 0.260 e. The molecule has 34 heavy (non-hydrogen) atoms. The number of carbonyl (C=O) groups excluding carboxylic acids is 2. The Morgan fingerprint density at radius 1 is 0.941 bits per heavy atom. The van der Waals surface area contributed by atoms with E-state index in [0.717, 1.165) is 32.1 Å². The summed E-state index contributed by atoms with van der Waals surface area (Å²) in [7, 11) is 0. The van der Waals surface area contributed by atoms with Crippen LogP contribution in [-0.2, 0) is 4.79 Å². The Morgan fingerprint density at radius 2 is 1.68 bits per heavy atom. The van der Waals surface area contributed by atoms with Gasteiger partial charge in [-0.05, 0) is 55.4 Å². The summed E-state index contributed by atoms with van der Waals surface area (Å²) in [6.07, 6.45) is 4.22. The van der Waals surface area contributed by atoms with Crippen molar-refractivity contribution in [1.82, 2.24) is 9.80 Å². The highest BCUT2D eigenvalue weighted by molar-refractivity contribution is 5.97. The van der Waals surface area contributed by atoms with Gasteiger partial charge in [-0.15, -0.1) is 0 Å². The molecular formula is C27H34N2O5. The van der Waals surface area contributed by atoms with Gasteiger partial charge in [-0.3, -0.25) is 9.59 Å². The highest BCUT2D eigenvalue weighted by atomic mass is 16.5. The first-order valence-corrected chi connectivity index (χ1v) is 12.2. The van der Waals surface area contributed by atoms with Crippen LogP contribution in [0.15, 0.2) is 54.6 Å². The number of aliphatic hydroxyl groups is 1. The van der Waals surface area contributed by atoms with Crippen molar-refractivity contribution in [3.8, 4) is 11.5 Å². The summed E-state index contributed by atoms with van der Waals surface area (Å²) in [5, 5.41) is 10.2. The third-order valence-electron chi connectivity index (χ3n) is 7.03. The van der Waals surface area contributed by atoms with Gasteiger partial charge in [-0.1, -0.05) is 36.8 Å². The van der Waals surface area contributed by atoms with Crippen LogP contribution in [0.3, 0.4) is 0 Å². The van der Waals surface area contributed by atoms with Gasteiger partial charge in [0, 0.05) is 26.2 Å². The first-order valence-electron chi connectivity index (χ1n) is 12.2. The summed E-state index contributed by atoms with van der Waals surface area (Å²) in [5.41, 5.74) is 0.386. The zero-order valence-electron chi connectivity index (χ0n) is 19.7. The van der Waals surface area contributed by atoms with E-state index >= 15 is 0 Å². The Balaban J connectivity index is 1.48. The van der Waals surface area contributed by atoms with E-state index in [2.05, 4.69) is 0 Å². The molecule has 3 heterocycles. The Labute approximate surface area is 201 Å². The average molecular weight is 467 g/mol. The minimum absolute atomic E-state index is 0.0331. The second kappa shape index (κ2) is 11.4. The van der Waals surface area contributed by atoms with Crippen LogP contribution in [0, 0.1) is 5.41 Å². The average Bonchev–Trinajstić information content (AvgIpc) is 2.89. The fraction of sp³-hybridized carbons (Fsp3) is 0.481. The van der Waals surface area contributed by atoms with Gasteiger partial charge in [0.1, 0.15) is 18.1 Å². The maximum Gasteiger partial charge on any atom is 0.260 e. The molecule has 2 bridgehead atoms. The number of benzene rings is 2. The van der Waals surface area contributed by atoms with Crippen molar-refractivity contribution in [1.29, 1.82) is 0 Å². The molecule has 1 saturated heterocycles. The molecule has 0 spiro atoms. The number of carbonyl (C=O) groups is 2. The molecule has 1 N–H and O–H groups in total. The molecule has 5 rings (SSSR count). The topological polar surface area (TPSA) is 79.3 Å². The van der Waals surface area contributed by atoms with Crippen molar-refractivity contribution in [2.24, 2.45) is 5.41 Å². The zero-order chi connectivity index (χ0) is 23.8. The molecule has 0 saturated carbocycles. The molecule has 7 nitrogen and oxygen atoms in total. The monoisotopic (exact) mass is 466 g/mol. The van der Waals surface area contributed by atoms with Gasteiger partial charge in [-0.25, -0.2) is 0 Å². The van der Waals surface area contributed by atoms with Crippen molar-refractivity contribution in [3.05, 3.63) is 60.2 Å². The molecular weight excluding hydrogens is 432 g/mol. The lowest BCUT2D eigenvalue weighted by atomic mass is 9.75. The van der Waals surface area contributed by atoms with Crippen molar-refractivity contribution < 1.29 is 24.2 Å². The summed E-state index contributed by atoms with van der Waals surface area (Å²) in [4.78, 5) is 29.8. The summed E-state index contributed by atoms with van der Waals surface area (Å²) in [5.74, 6) is 1.06. The van der Waals surface area contributed by atoms with Crippen LogP contribution in [0.1, 0.15) is 42.5 Å². The molecule has 3 aliphatic rings. The van der Waals surface area contributed by atoms with E-state index in [1.54, 1.807) is 17.0 Å². The molecule has 2 amide bonds. The first-order chi connectivity index (χ1) is 16.6. The second-order valence-corrected chi connectivity index (χ2v) is 9.23. The normalized spacial score (nSPS) is 18.9. The minimum atomic E-state index is -0.155. The van der Waals surface area contributed by atoms with Gasteiger partial charge < -0.3 is 24.4 Å². The van der Waals surface area contributed by atoms with Crippen LogP contribution in [0.5, 0.6) is 11.5 Å². The van der Waals surface area contributed by atoms with Crippen LogP contribution in [0.2, 0.25) is 0 Å². The predicted molar refractivity (Wildman–Crippen MR) is 129 cm³/mol. The number of amides is 2. The van der Waals surface area contributed by atoms with Gasteiger partial charge >= 0.3 is 0 Å². The molecule has 0 aliphatic carbocycles. The number of rotatable bonds is 4. The minimum Gasteiger partial charge on any atom is -0.491 e. The van der Waals surface area contributed by atoms with Crippen molar-refractivity contribution in [2.45, 2.75) is 32.1 Å². The number of hydrogen-bond donors (Lipinski definition) is 1. The Hall–Kier alpha value is -3.06. The number of aliphatic hydroxyl groups excluding tert-OH is 1. The first kappa shape index (κ1) is 24.1. The van der Waals surface area contributed by atoms with Gasteiger partial charge in [0.05, 0.1) is 12.1 Å². The lowest BCUT2D eigenvalue weighted by molar-refractivity contribution is -0.133. The largest absolute Gasteiger partial charge is 0.491 e. The van der Waals surface area contributed by atoms with E-state index in [4.69, 9.17) is 9.47 Å². The lowest BCUT2D eigenvalue weighted by Crippen LogP contribution is -2.44. The molecule has 2 aromatic carbocycles. The quantitative estimate of drug-likeness (QED) is 0.748. The van der Waals surface area contributed by atoms with Gasteiger partial charge in [0.15, 0.2) is 6.61 Å². The Kier molecular flexibility index (Phi) is 8.06. The Bertz CT molecular complexity index is 957. The standard InChI is InChI=1S/C27H34N2O5/c30-21-27-12-6-7-15-28(25(31)20-34-22-8-2-1-3-9-22)18-19-33-24-11-5-4-10-23(24)26(32)29(16-13-27)17-14-27/h1-5,8-11,30H,6-7,12-21H2. The third kappa shape index (κ3) is 5.89. The number of nitrogens with zero attached hydrogens (tertiary/aromatic N) is 2. The van der Waals surface area contributed by atoms with E-state index in [-0.39, 0.29) is 30.4 Å². The van der Waals surface area contributed by atoms with Crippen molar-refractivity contribution in [2.75, 3.05) is 46.0 Å². The SMILES string of the molecule is O=C(COc1ccccc1)N1CCCCC2(CO)CCN(CC2)C(=O)c2ccccc2OCC1. The van der Waals surface area contributed by atoms with E-state index < -0.39 is 0 Å². The third-order valence-corrected chi connectivity index (χ3v) is 7.03. The Morgan fingerprint density at radius 3 is 2.44 bits per heavy atom. The van der Waals surface area contributed by atoms with Crippen LogP contribution in [0.4, 0.5) is 0 Å². The fourth-order valence-electron chi connectivity index (χ4n) is 4.79. The van der Waals surface area contributed by atoms with Gasteiger partial charge in [0.2, 0.25) is 0 Å². The number of piperidine rings is 1. The number of para-hydroxylation sites is 2. The van der Waals surface area contributed by atoms with E-state index in [1.165, 1.54) is 0 Å². The van der Waals surface area contributed by atoms with Gasteiger partial charge in [0.25, 0.3) is 11.8 Å². The maximum atomic E-state index is 13.2. The van der Waals surface area contributed by atoms with E-state index in [0.29, 0.717) is 49.8 Å². The summed E-state index contributed by atoms with van der Waals surface area (Å²) >= 11 is 0. The predicted octanol–water partition coefficient (Wildman–Crippen LogP) is 3.37. The van der Waals surface area contributed by atoms with Crippen molar-refractivity contribution in [3.63, 3.8) is 0 Å². The molecule has 0 radical (unpaired) electrons. The second-order valence-electron chi connectivity index (χ2n) is 9.23. The molecule has 0 atom stereocenters. The highest BCUT2D eigenvalue weighted by Crippen LogP contribution is 2.37. The van der Waals surface area contributed by atoms with E-state index in [1.807, 2.05) is 47.4 Å². The number of ether oxygens (including phenoxy) is 2. The molecule has 1 fully saturated rings. The molecule has 182 valence electrons. The molecule has 2 aromatic rings. The molecule has 7 heteroatoms.